The molecule has 0 aromatic carbocycles. The second kappa shape index (κ2) is 2.52. The van der Waals surface area contributed by atoms with Crippen LogP contribution in [-0.2, 0) is 9.59 Å². The summed E-state index contributed by atoms with van der Waals surface area (Å²) in [4.78, 5) is 21.2. The number of thioether (sulfide) groups is 1. The van der Waals surface area contributed by atoms with Crippen LogP contribution in [0.5, 0.6) is 0 Å². The number of hydrogen-bond acceptors (Lipinski definition) is 3. The number of carbonyl (C=O) groups is 2. The Morgan fingerprint density at radius 1 is 1.78 bits per heavy atom. The summed E-state index contributed by atoms with van der Waals surface area (Å²) in [6.45, 7) is 1.55. The van der Waals surface area contributed by atoms with E-state index in [0.717, 1.165) is 0 Å². The van der Waals surface area contributed by atoms with Crippen LogP contribution >= 0.6 is 11.8 Å². The lowest BCUT2D eigenvalue weighted by molar-refractivity contribution is -0.122. The van der Waals surface area contributed by atoms with Crippen LogP contribution in [0, 0.1) is 5.92 Å². The molecule has 0 bridgehead atoms. The SMILES string of the molecule is CC(=O)[C@@H]1CSC(=O)C1. The highest BCUT2D eigenvalue weighted by molar-refractivity contribution is 8.14. The van der Waals surface area contributed by atoms with Crippen LogP contribution in [0.2, 0.25) is 0 Å². The van der Waals surface area contributed by atoms with Crippen molar-refractivity contribution in [1.82, 2.24) is 0 Å². The molecule has 0 N–H and O–H groups in total. The lowest BCUT2D eigenvalue weighted by Gasteiger charge is -1.96. The van der Waals surface area contributed by atoms with E-state index in [-0.39, 0.29) is 16.8 Å². The van der Waals surface area contributed by atoms with Crippen molar-refractivity contribution >= 4 is 22.7 Å². The van der Waals surface area contributed by atoms with E-state index >= 15 is 0 Å². The first kappa shape index (κ1) is 6.81. The smallest absolute Gasteiger partial charge is 0.189 e. The molecule has 1 rings (SSSR count). The summed E-state index contributed by atoms with van der Waals surface area (Å²) < 4.78 is 0. The normalized spacial score (nSPS) is 26.8. The monoisotopic (exact) mass is 144 g/mol. The first-order valence-electron chi connectivity index (χ1n) is 2.86. The van der Waals surface area contributed by atoms with E-state index in [0.29, 0.717) is 12.2 Å². The fourth-order valence-corrected chi connectivity index (χ4v) is 1.83. The first-order valence-corrected chi connectivity index (χ1v) is 3.85. The van der Waals surface area contributed by atoms with Crippen molar-refractivity contribution < 1.29 is 9.59 Å². The Labute approximate surface area is 58.0 Å². The van der Waals surface area contributed by atoms with Gasteiger partial charge in [-0.1, -0.05) is 11.8 Å². The molecule has 0 aromatic heterocycles. The highest BCUT2D eigenvalue weighted by Gasteiger charge is 2.25. The molecule has 0 amide bonds. The van der Waals surface area contributed by atoms with E-state index in [9.17, 15) is 9.59 Å². The zero-order valence-electron chi connectivity index (χ0n) is 5.22. The van der Waals surface area contributed by atoms with Crippen LogP contribution in [0.1, 0.15) is 13.3 Å². The number of ketones is 1. The van der Waals surface area contributed by atoms with Gasteiger partial charge in [-0.2, -0.15) is 0 Å². The molecule has 0 saturated carbocycles. The second-order valence-electron chi connectivity index (χ2n) is 2.19. The Hall–Kier alpha value is -0.310. The van der Waals surface area contributed by atoms with E-state index in [2.05, 4.69) is 0 Å². The summed E-state index contributed by atoms with van der Waals surface area (Å²) in [6.07, 6.45) is 0.458. The Morgan fingerprint density at radius 2 is 2.44 bits per heavy atom. The summed E-state index contributed by atoms with van der Waals surface area (Å²) in [7, 11) is 0. The maximum Gasteiger partial charge on any atom is 0.189 e. The maximum atomic E-state index is 10.6. The van der Waals surface area contributed by atoms with Gasteiger partial charge < -0.3 is 0 Å². The number of rotatable bonds is 1. The molecule has 2 nitrogen and oxygen atoms in total. The van der Waals surface area contributed by atoms with E-state index in [1.165, 1.54) is 11.8 Å². The quantitative estimate of drug-likeness (QED) is 0.547. The molecule has 1 atom stereocenters. The molecule has 0 aliphatic carbocycles. The summed E-state index contributed by atoms with van der Waals surface area (Å²) in [6, 6.07) is 0. The molecular formula is C6H8O2S. The average Bonchev–Trinajstić information content (AvgIpc) is 2.14. The Balaban J connectivity index is 2.48. The largest absolute Gasteiger partial charge is 0.300 e. The van der Waals surface area contributed by atoms with Gasteiger partial charge in [-0.15, -0.1) is 0 Å². The number of hydrogen-bond donors (Lipinski definition) is 0. The molecule has 0 unspecified atom stereocenters. The zero-order chi connectivity index (χ0) is 6.85. The average molecular weight is 144 g/mol. The van der Waals surface area contributed by atoms with E-state index < -0.39 is 0 Å². The van der Waals surface area contributed by atoms with Crippen LogP contribution in [0.15, 0.2) is 0 Å². The second-order valence-corrected chi connectivity index (χ2v) is 3.27. The van der Waals surface area contributed by atoms with Crippen LogP contribution in [-0.4, -0.2) is 16.7 Å². The van der Waals surface area contributed by atoms with Crippen molar-refractivity contribution in [2.45, 2.75) is 13.3 Å². The molecule has 3 heteroatoms. The van der Waals surface area contributed by atoms with Crippen LogP contribution < -0.4 is 0 Å². The predicted molar refractivity (Wildman–Crippen MR) is 36.3 cm³/mol. The Morgan fingerprint density at radius 3 is 2.67 bits per heavy atom. The molecule has 0 aromatic rings. The minimum Gasteiger partial charge on any atom is -0.300 e. The first-order chi connectivity index (χ1) is 4.20. The molecule has 9 heavy (non-hydrogen) atoms. The van der Waals surface area contributed by atoms with Crippen molar-refractivity contribution in [1.29, 1.82) is 0 Å². The maximum absolute atomic E-state index is 10.6. The molecule has 1 aliphatic heterocycles. The third-order valence-corrected chi connectivity index (χ3v) is 2.49. The minimum atomic E-state index is 0.0162. The van der Waals surface area contributed by atoms with E-state index in [1.807, 2.05) is 0 Å². The van der Waals surface area contributed by atoms with Gasteiger partial charge in [0.2, 0.25) is 0 Å². The van der Waals surface area contributed by atoms with Crippen LogP contribution in [0.3, 0.4) is 0 Å². The van der Waals surface area contributed by atoms with Gasteiger partial charge in [0.1, 0.15) is 5.78 Å². The van der Waals surface area contributed by atoms with Gasteiger partial charge in [0.05, 0.1) is 0 Å². The van der Waals surface area contributed by atoms with Crippen molar-refractivity contribution in [2.24, 2.45) is 5.92 Å². The molecule has 1 fully saturated rings. The predicted octanol–water partition coefficient (Wildman–Crippen LogP) is 0.855. The van der Waals surface area contributed by atoms with Crippen molar-refractivity contribution in [3.63, 3.8) is 0 Å². The number of Topliss-reactive ketones (excluding diaryl/α,β-unsaturated/α-hetero) is 1. The van der Waals surface area contributed by atoms with Crippen molar-refractivity contribution in [2.75, 3.05) is 5.75 Å². The summed E-state index contributed by atoms with van der Waals surface area (Å²) in [5.41, 5.74) is 0. The van der Waals surface area contributed by atoms with Crippen molar-refractivity contribution in [3.8, 4) is 0 Å². The summed E-state index contributed by atoms with van der Waals surface area (Å²) in [5.74, 6) is 0.865. The molecule has 0 radical (unpaired) electrons. The van der Waals surface area contributed by atoms with Crippen LogP contribution in [0.25, 0.3) is 0 Å². The lowest BCUT2D eigenvalue weighted by Crippen LogP contribution is -2.08. The molecular weight excluding hydrogens is 136 g/mol. The number of carbonyl (C=O) groups excluding carboxylic acids is 2. The highest BCUT2D eigenvalue weighted by atomic mass is 32.2. The van der Waals surface area contributed by atoms with E-state index in [1.54, 1.807) is 6.92 Å². The molecule has 1 saturated heterocycles. The third-order valence-electron chi connectivity index (χ3n) is 1.43. The Bertz CT molecular complexity index is 153. The van der Waals surface area contributed by atoms with Crippen LogP contribution in [0.4, 0.5) is 0 Å². The lowest BCUT2D eigenvalue weighted by atomic mass is 10.1. The zero-order valence-corrected chi connectivity index (χ0v) is 6.03. The highest BCUT2D eigenvalue weighted by Crippen LogP contribution is 2.25. The van der Waals surface area contributed by atoms with Gasteiger partial charge in [-0.25, -0.2) is 0 Å². The summed E-state index contributed by atoms with van der Waals surface area (Å²) >= 11 is 1.27. The topological polar surface area (TPSA) is 34.1 Å². The van der Waals surface area contributed by atoms with Gasteiger partial charge in [0, 0.05) is 18.1 Å². The van der Waals surface area contributed by atoms with Crippen molar-refractivity contribution in [3.05, 3.63) is 0 Å². The fraction of sp³-hybridized carbons (Fsp3) is 0.667. The van der Waals surface area contributed by atoms with Gasteiger partial charge in [0.25, 0.3) is 0 Å². The molecule has 0 spiro atoms. The fourth-order valence-electron chi connectivity index (χ4n) is 0.774. The standard InChI is InChI=1S/C6H8O2S/c1-4(7)5-2-6(8)9-3-5/h5H,2-3H2,1H3/t5-/m0/s1. The van der Waals surface area contributed by atoms with Gasteiger partial charge in [0.15, 0.2) is 5.12 Å². The molecule has 1 heterocycles. The third kappa shape index (κ3) is 1.55. The van der Waals surface area contributed by atoms with Gasteiger partial charge >= 0.3 is 0 Å². The van der Waals surface area contributed by atoms with Gasteiger partial charge in [-0.05, 0) is 6.92 Å². The Kier molecular flexibility index (Phi) is 1.90. The molecule has 1 aliphatic rings. The minimum absolute atomic E-state index is 0.0162. The van der Waals surface area contributed by atoms with E-state index in [4.69, 9.17) is 0 Å². The molecule has 50 valence electrons. The summed E-state index contributed by atoms with van der Waals surface area (Å²) in [5, 5.41) is 0.162. The van der Waals surface area contributed by atoms with Gasteiger partial charge in [-0.3, -0.25) is 9.59 Å².